The molecule has 1 heterocycles. The number of Topliss-reactive ketones (excluding diaryl/α,β-unsaturated/α-hetero) is 1. The Hall–Kier alpha value is -1.93. The zero-order chi connectivity index (χ0) is 29.3. The highest BCUT2D eigenvalue weighted by Gasteiger charge is 2.60. The van der Waals surface area contributed by atoms with E-state index in [1.54, 1.807) is 26.4 Å². The largest absolute Gasteiger partial charge is 0.513 e. The van der Waals surface area contributed by atoms with E-state index in [-0.39, 0.29) is 53.2 Å². The lowest BCUT2D eigenvalue weighted by Gasteiger charge is -2.61. The normalized spacial score (nSPS) is 33.7. The molecule has 1 fully saturated rings. The van der Waals surface area contributed by atoms with Gasteiger partial charge in [0.1, 0.15) is 6.10 Å². The van der Waals surface area contributed by atoms with Gasteiger partial charge in [-0.2, -0.15) is 0 Å². The Kier molecular flexibility index (Phi) is 9.96. The number of furan rings is 1. The molecule has 0 bridgehead atoms. The Morgan fingerprint density at radius 2 is 1.79 bits per heavy atom. The summed E-state index contributed by atoms with van der Waals surface area (Å²) in [6.07, 6.45) is 5.19. The molecular weight excluding hydrogens is 496 g/mol. The fourth-order valence-corrected chi connectivity index (χ4v) is 8.11. The number of rotatable bonds is 12. The number of fused-ring (bicyclic) bond motifs is 1. The fraction of sp³-hybridized carbons (Fsp3) is 0.719. The Bertz CT molecular complexity index is 1020. The number of aliphatic hydroxyl groups is 5. The summed E-state index contributed by atoms with van der Waals surface area (Å²) in [5.74, 6) is -0.622. The van der Waals surface area contributed by atoms with Crippen molar-refractivity contribution in [2.24, 2.45) is 40.4 Å². The number of hydrogen-bond donors (Lipinski definition) is 5. The van der Waals surface area contributed by atoms with Gasteiger partial charge >= 0.3 is 0 Å². The van der Waals surface area contributed by atoms with Crippen LogP contribution in [0.15, 0.2) is 47.0 Å². The summed E-state index contributed by atoms with van der Waals surface area (Å²) in [5, 5.41) is 52.4. The molecule has 0 saturated heterocycles. The summed E-state index contributed by atoms with van der Waals surface area (Å²) < 4.78 is 5.46. The highest BCUT2D eigenvalue weighted by Crippen LogP contribution is 2.66. The first-order valence-electron chi connectivity index (χ1n) is 14.5. The minimum atomic E-state index is -1.40. The predicted octanol–water partition coefficient (Wildman–Crippen LogP) is 5.16. The van der Waals surface area contributed by atoms with Crippen LogP contribution in [0.25, 0.3) is 0 Å². The van der Waals surface area contributed by atoms with Crippen LogP contribution in [-0.2, 0) is 4.79 Å². The number of allylic oxidation sites excluding steroid dienone is 3. The SMILES string of the molecule is C=C(O)C1CC(C)C2(C)C(C(C)=O)=CCCC2C1(C)CC(CC(C)C(O)C(O)C(O)C(C)CO)c1ccoc1. The van der Waals surface area contributed by atoms with E-state index in [2.05, 4.69) is 33.4 Å². The van der Waals surface area contributed by atoms with Gasteiger partial charge in [-0.05, 0) is 85.3 Å². The molecular formula is C32H50O7. The zero-order valence-electron chi connectivity index (χ0n) is 24.5. The van der Waals surface area contributed by atoms with Crippen LogP contribution in [0.3, 0.4) is 0 Å². The van der Waals surface area contributed by atoms with Crippen molar-refractivity contribution in [2.45, 2.75) is 97.9 Å². The topological polar surface area (TPSA) is 131 Å². The second-order valence-corrected chi connectivity index (χ2v) is 13.1. The maximum atomic E-state index is 12.8. The summed E-state index contributed by atoms with van der Waals surface area (Å²) in [6.45, 7) is 15.4. The molecule has 0 aromatic carbocycles. The fourth-order valence-electron chi connectivity index (χ4n) is 8.11. The van der Waals surface area contributed by atoms with Gasteiger partial charge in [0, 0.05) is 23.9 Å². The summed E-state index contributed by atoms with van der Waals surface area (Å²) in [5.41, 5.74) is 1.11. The van der Waals surface area contributed by atoms with E-state index >= 15 is 0 Å². The molecule has 0 amide bonds. The van der Waals surface area contributed by atoms with Gasteiger partial charge in [-0.1, -0.05) is 47.3 Å². The maximum Gasteiger partial charge on any atom is 0.156 e. The van der Waals surface area contributed by atoms with E-state index in [4.69, 9.17) is 4.42 Å². The first-order valence-corrected chi connectivity index (χ1v) is 14.5. The molecule has 39 heavy (non-hydrogen) atoms. The van der Waals surface area contributed by atoms with Crippen molar-refractivity contribution in [1.82, 2.24) is 0 Å². The minimum absolute atomic E-state index is 0.0794. The summed E-state index contributed by atoms with van der Waals surface area (Å²) in [7, 11) is 0. The molecule has 2 aliphatic carbocycles. The van der Waals surface area contributed by atoms with Crippen LogP contribution < -0.4 is 0 Å². The van der Waals surface area contributed by atoms with Gasteiger partial charge in [-0.3, -0.25) is 4.79 Å². The van der Waals surface area contributed by atoms with Gasteiger partial charge in [-0.15, -0.1) is 0 Å². The van der Waals surface area contributed by atoms with Gasteiger partial charge in [0.25, 0.3) is 0 Å². The second kappa shape index (κ2) is 12.3. The summed E-state index contributed by atoms with van der Waals surface area (Å²) in [6, 6.07) is 1.92. The highest BCUT2D eigenvalue weighted by atomic mass is 16.4. The smallest absolute Gasteiger partial charge is 0.156 e. The van der Waals surface area contributed by atoms with Gasteiger partial charge in [0.2, 0.25) is 0 Å². The van der Waals surface area contributed by atoms with Crippen LogP contribution in [0.4, 0.5) is 0 Å². The predicted molar refractivity (Wildman–Crippen MR) is 151 cm³/mol. The second-order valence-electron chi connectivity index (χ2n) is 13.1. The molecule has 3 rings (SSSR count). The quantitative estimate of drug-likeness (QED) is 0.229. The van der Waals surface area contributed by atoms with Crippen molar-refractivity contribution in [1.29, 1.82) is 0 Å². The molecule has 11 unspecified atom stereocenters. The Morgan fingerprint density at radius 1 is 1.15 bits per heavy atom. The Labute approximate surface area is 233 Å². The van der Waals surface area contributed by atoms with E-state index < -0.39 is 29.6 Å². The van der Waals surface area contributed by atoms with Gasteiger partial charge in [0.05, 0.1) is 30.5 Å². The van der Waals surface area contributed by atoms with Crippen LogP contribution in [-0.4, -0.2) is 56.2 Å². The number of aliphatic hydroxyl groups excluding tert-OH is 5. The molecule has 7 heteroatoms. The van der Waals surface area contributed by atoms with Crippen LogP contribution in [0.5, 0.6) is 0 Å². The third-order valence-corrected chi connectivity index (χ3v) is 10.6. The lowest BCUT2D eigenvalue weighted by Crippen LogP contribution is -2.56. The van der Waals surface area contributed by atoms with Crippen molar-refractivity contribution in [3.8, 4) is 0 Å². The van der Waals surface area contributed by atoms with Crippen LogP contribution in [0.2, 0.25) is 0 Å². The average Bonchev–Trinajstić information content (AvgIpc) is 3.43. The van der Waals surface area contributed by atoms with Gasteiger partial charge in [0.15, 0.2) is 5.78 Å². The number of ketones is 1. The van der Waals surface area contributed by atoms with Crippen molar-refractivity contribution in [3.63, 3.8) is 0 Å². The molecule has 1 saturated carbocycles. The van der Waals surface area contributed by atoms with Crippen LogP contribution in [0, 0.1) is 40.4 Å². The number of hydrogen-bond acceptors (Lipinski definition) is 7. The van der Waals surface area contributed by atoms with E-state index in [1.807, 2.05) is 13.0 Å². The molecule has 1 aromatic heterocycles. The highest BCUT2D eigenvalue weighted by molar-refractivity contribution is 5.95. The monoisotopic (exact) mass is 546 g/mol. The molecule has 0 radical (unpaired) electrons. The first-order chi connectivity index (χ1) is 18.2. The molecule has 1 aromatic rings. The molecule has 2 aliphatic rings. The third kappa shape index (κ3) is 5.92. The molecule has 0 spiro atoms. The van der Waals surface area contributed by atoms with E-state index in [1.165, 1.54) is 0 Å². The molecule has 0 aliphatic heterocycles. The van der Waals surface area contributed by atoms with Crippen molar-refractivity contribution >= 4 is 5.78 Å². The number of carbonyl (C=O) groups excluding carboxylic acids is 1. The lowest BCUT2D eigenvalue weighted by atomic mass is 9.42. The van der Waals surface area contributed by atoms with E-state index in [9.17, 15) is 30.3 Å². The minimum Gasteiger partial charge on any atom is -0.513 e. The van der Waals surface area contributed by atoms with Crippen molar-refractivity contribution in [3.05, 3.63) is 48.1 Å². The Morgan fingerprint density at radius 3 is 2.33 bits per heavy atom. The number of carbonyl (C=O) groups is 1. The molecule has 5 N–H and O–H groups in total. The average molecular weight is 547 g/mol. The van der Waals surface area contributed by atoms with Crippen LogP contribution in [0.1, 0.15) is 85.1 Å². The van der Waals surface area contributed by atoms with Gasteiger partial charge < -0.3 is 29.9 Å². The van der Waals surface area contributed by atoms with Gasteiger partial charge in [-0.25, -0.2) is 0 Å². The van der Waals surface area contributed by atoms with Crippen LogP contribution >= 0.6 is 0 Å². The summed E-state index contributed by atoms with van der Waals surface area (Å²) in [4.78, 5) is 12.8. The summed E-state index contributed by atoms with van der Waals surface area (Å²) >= 11 is 0. The standard InChI is InChI=1S/C32H50O7/c1-18(28(36)30(38)29(37)19(2)16-33)13-24(23-11-12-39-17-23)15-31(6)26(22(5)35)14-20(3)32(7)25(21(4)34)9-8-10-27(31)32/h9,11-12,17-20,24,26-30,33,35-38H,5,8,10,13-16H2,1-4,6-7H3. The molecule has 7 nitrogen and oxygen atoms in total. The van der Waals surface area contributed by atoms with Crippen molar-refractivity contribution < 1.29 is 34.7 Å². The Balaban J connectivity index is 1.99. The lowest BCUT2D eigenvalue weighted by molar-refractivity contribution is -0.122. The molecule has 220 valence electrons. The van der Waals surface area contributed by atoms with E-state index in [0.29, 0.717) is 19.3 Å². The zero-order valence-corrected chi connectivity index (χ0v) is 24.5. The van der Waals surface area contributed by atoms with Crippen molar-refractivity contribution in [2.75, 3.05) is 6.61 Å². The van der Waals surface area contributed by atoms with E-state index in [0.717, 1.165) is 24.0 Å². The molecule has 11 atom stereocenters. The first kappa shape index (κ1) is 31.6. The maximum absolute atomic E-state index is 12.8. The third-order valence-electron chi connectivity index (χ3n) is 10.6.